The molecule has 1 N–H and O–H groups in total. The van der Waals surface area contributed by atoms with Crippen molar-refractivity contribution in [3.8, 4) is 0 Å². The fraction of sp³-hybridized carbons (Fsp3) is 0.211. The molecule has 0 saturated carbocycles. The van der Waals surface area contributed by atoms with Crippen LogP contribution in [0.5, 0.6) is 0 Å². The highest BCUT2D eigenvalue weighted by atomic mass is 32.2. The summed E-state index contributed by atoms with van der Waals surface area (Å²) in [6.07, 6.45) is 4.71. The van der Waals surface area contributed by atoms with E-state index in [1.807, 2.05) is 6.07 Å². The van der Waals surface area contributed by atoms with Gasteiger partial charge in [-0.25, -0.2) is 17.2 Å². The van der Waals surface area contributed by atoms with E-state index in [4.69, 9.17) is 5.11 Å². The minimum atomic E-state index is -3.78. The molecule has 27 heavy (non-hydrogen) atoms. The molecule has 1 amide bonds. The summed E-state index contributed by atoms with van der Waals surface area (Å²) < 4.78 is 27.1. The predicted molar refractivity (Wildman–Crippen MR) is 107 cm³/mol. The Labute approximate surface area is 158 Å². The summed E-state index contributed by atoms with van der Waals surface area (Å²) >= 11 is 0. The van der Waals surface area contributed by atoms with Gasteiger partial charge in [0, 0.05) is 43.4 Å². The van der Waals surface area contributed by atoms with E-state index in [2.05, 4.69) is 18.1 Å². The van der Waals surface area contributed by atoms with Crippen molar-refractivity contribution in [2.24, 2.45) is 0 Å². The van der Waals surface area contributed by atoms with E-state index in [0.717, 1.165) is 11.1 Å². The summed E-state index contributed by atoms with van der Waals surface area (Å²) in [5.74, 6) is 0. The average molecular weight is 387 g/mol. The predicted octanol–water partition coefficient (Wildman–Crippen LogP) is 2.88. The van der Waals surface area contributed by atoms with Crippen LogP contribution in [0.4, 0.5) is 10.5 Å². The van der Waals surface area contributed by atoms with Crippen molar-refractivity contribution in [3.05, 3.63) is 66.8 Å². The molecule has 0 atom stereocenters. The number of nitrogens with zero attached hydrogens (tertiary/aromatic N) is 3. The van der Waals surface area contributed by atoms with Crippen molar-refractivity contribution < 1.29 is 18.3 Å². The molecule has 1 aliphatic heterocycles. The van der Waals surface area contributed by atoms with Gasteiger partial charge >= 0.3 is 6.09 Å². The molecule has 0 spiro atoms. The number of anilines is 1. The van der Waals surface area contributed by atoms with Crippen molar-refractivity contribution in [1.29, 1.82) is 0 Å². The molecule has 0 aliphatic carbocycles. The van der Waals surface area contributed by atoms with Crippen LogP contribution in [0.1, 0.15) is 0 Å². The smallest absolute Gasteiger partial charge is 0.407 e. The molecule has 142 valence electrons. The van der Waals surface area contributed by atoms with Gasteiger partial charge < -0.3 is 14.9 Å². The van der Waals surface area contributed by atoms with Gasteiger partial charge in [-0.3, -0.25) is 0 Å². The molecule has 8 heteroatoms. The van der Waals surface area contributed by atoms with Crippen LogP contribution in [0, 0.1) is 0 Å². The number of aromatic nitrogens is 1. The molecular weight excluding hydrogens is 366 g/mol. The van der Waals surface area contributed by atoms with Crippen LogP contribution in [0.25, 0.3) is 10.9 Å². The molecule has 1 aromatic heterocycles. The van der Waals surface area contributed by atoms with Crippen molar-refractivity contribution in [2.75, 3.05) is 31.1 Å². The van der Waals surface area contributed by atoms with Crippen LogP contribution in [-0.4, -0.2) is 54.7 Å². The second-order valence-corrected chi connectivity index (χ2v) is 7.91. The Morgan fingerprint density at radius 3 is 2.41 bits per heavy atom. The first-order chi connectivity index (χ1) is 12.9. The Morgan fingerprint density at radius 2 is 1.81 bits per heavy atom. The number of amides is 1. The summed E-state index contributed by atoms with van der Waals surface area (Å²) in [6, 6.07) is 7.24. The minimum absolute atomic E-state index is 0.0653. The lowest BCUT2D eigenvalue weighted by atomic mass is 10.2. The number of hydrogen-bond acceptors (Lipinski definition) is 4. The Morgan fingerprint density at radius 1 is 1.11 bits per heavy atom. The highest BCUT2D eigenvalue weighted by Crippen LogP contribution is 2.30. The summed E-state index contributed by atoms with van der Waals surface area (Å²) in [5.41, 5.74) is 1.45. The van der Waals surface area contributed by atoms with Crippen LogP contribution in [-0.2, 0) is 10.0 Å². The van der Waals surface area contributed by atoms with Crippen LogP contribution < -0.4 is 4.90 Å². The second kappa shape index (κ2) is 7.32. The molecule has 1 saturated heterocycles. The number of carbonyl (C=O) groups is 1. The normalized spacial score (nSPS) is 15.8. The van der Waals surface area contributed by atoms with Crippen LogP contribution >= 0.6 is 0 Å². The number of hydrogen-bond donors (Lipinski definition) is 1. The summed E-state index contributed by atoms with van der Waals surface area (Å²) in [6.45, 7) is 9.05. The van der Waals surface area contributed by atoms with E-state index in [1.54, 1.807) is 18.2 Å². The Kier molecular flexibility index (Phi) is 5.09. The van der Waals surface area contributed by atoms with Crippen molar-refractivity contribution >= 4 is 32.7 Å². The lowest BCUT2D eigenvalue weighted by Gasteiger charge is -2.35. The van der Waals surface area contributed by atoms with Crippen molar-refractivity contribution in [3.63, 3.8) is 0 Å². The highest BCUT2D eigenvalue weighted by molar-refractivity contribution is 7.94. The second-order valence-electron chi connectivity index (χ2n) is 6.09. The standard InChI is InChI=1S/C19H21N3O4S/c1-3-6-15(4-2)27(25,26)22-10-9-16-17(7-5-8-18(16)22)20-11-13-21(14-12-20)19(23)24/h3-10H,1-2,11-14H2,(H,23,24)/b15-6+. The number of carboxylic acid groups (broad SMARTS) is 1. The van der Waals surface area contributed by atoms with Gasteiger partial charge in [0.15, 0.2) is 0 Å². The first kappa shape index (κ1) is 18.8. The monoisotopic (exact) mass is 387 g/mol. The Hall–Kier alpha value is -3.00. The molecule has 1 aliphatic rings. The summed E-state index contributed by atoms with van der Waals surface area (Å²) in [5, 5.41) is 9.89. The molecule has 2 aromatic rings. The molecule has 1 fully saturated rings. The third-order valence-electron chi connectivity index (χ3n) is 4.61. The molecule has 1 aromatic carbocycles. The van der Waals surface area contributed by atoms with Crippen molar-refractivity contribution in [1.82, 2.24) is 8.87 Å². The van der Waals surface area contributed by atoms with E-state index < -0.39 is 16.1 Å². The topological polar surface area (TPSA) is 82.9 Å². The molecule has 0 unspecified atom stereocenters. The van der Waals surface area contributed by atoms with Gasteiger partial charge in [0.2, 0.25) is 0 Å². The van der Waals surface area contributed by atoms with Crippen LogP contribution in [0.2, 0.25) is 0 Å². The number of fused-ring (bicyclic) bond motifs is 1. The first-order valence-electron chi connectivity index (χ1n) is 8.43. The van der Waals surface area contributed by atoms with Crippen LogP contribution in [0.3, 0.4) is 0 Å². The zero-order chi connectivity index (χ0) is 19.6. The molecule has 2 heterocycles. The van der Waals surface area contributed by atoms with Gasteiger partial charge in [-0.05, 0) is 30.4 Å². The maximum atomic E-state index is 12.9. The number of rotatable bonds is 5. The molecular formula is C19H21N3O4S. The van der Waals surface area contributed by atoms with Gasteiger partial charge in [-0.15, -0.1) is 0 Å². The third-order valence-corrected chi connectivity index (χ3v) is 6.34. The zero-order valence-corrected chi connectivity index (χ0v) is 15.6. The summed E-state index contributed by atoms with van der Waals surface area (Å²) in [4.78, 5) is 14.6. The molecule has 7 nitrogen and oxygen atoms in total. The zero-order valence-electron chi connectivity index (χ0n) is 14.8. The molecule has 0 bridgehead atoms. The largest absolute Gasteiger partial charge is 0.465 e. The maximum Gasteiger partial charge on any atom is 0.407 e. The van der Waals surface area contributed by atoms with Gasteiger partial charge in [0.05, 0.1) is 10.4 Å². The Balaban J connectivity index is 2.01. The van der Waals surface area contributed by atoms with E-state index >= 15 is 0 Å². The lowest BCUT2D eigenvalue weighted by Crippen LogP contribution is -2.48. The summed E-state index contributed by atoms with van der Waals surface area (Å²) in [7, 11) is -3.78. The van der Waals surface area contributed by atoms with E-state index in [9.17, 15) is 13.2 Å². The van der Waals surface area contributed by atoms with Gasteiger partial charge in [0.25, 0.3) is 10.0 Å². The average Bonchev–Trinajstić information content (AvgIpc) is 3.11. The van der Waals surface area contributed by atoms with E-state index in [0.29, 0.717) is 31.7 Å². The minimum Gasteiger partial charge on any atom is -0.465 e. The van der Waals surface area contributed by atoms with Gasteiger partial charge in [0.1, 0.15) is 0 Å². The molecule has 3 rings (SSSR count). The Bertz CT molecular complexity index is 1030. The van der Waals surface area contributed by atoms with E-state index in [-0.39, 0.29) is 4.91 Å². The maximum absolute atomic E-state index is 12.9. The third kappa shape index (κ3) is 3.35. The fourth-order valence-electron chi connectivity index (χ4n) is 3.24. The number of piperazine rings is 1. The molecule has 0 radical (unpaired) electrons. The van der Waals surface area contributed by atoms with Gasteiger partial charge in [-0.2, -0.15) is 0 Å². The van der Waals surface area contributed by atoms with Gasteiger partial charge in [-0.1, -0.05) is 25.3 Å². The van der Waals surface area contributed by atoms with Crippen LogP contribution in [0.15, 0.2) is 66.8 Å². The lowest BCUT2D eigenvalue weighted by molar-refractivity contribution is 0.142. The van der Waals surface area contributed by atoms with Crippen molar-refractivity contribution in [2.45, 2.75) is 0 Å². The fourth-order valence-corrected chi connectivity index (χ4v) is 4.58. The quantitative estimate of drug-likeness (QED) is 0.798. The van der Waals surface area contributed by atoms with E-state index in [1.165, 1.54) is 33.3 Å². The number of benzene rings is 1. The SMILES string of the molecule is C=C/C=C(\C=C)S(=O)(=O)n1ccc2c(N3CCN(C(=O)O)CC3)cccc21. The highest BCUT2D eigenvalue weighted by Gasteiger charge is 2.24. The first-order valence-corrected chi connectivity index (χ1v) is 9.87. The number of allylic oxidation sites excluding steroid dienone is 3.